The predicted molar refractivity (Wildman–Crippen MR) is 134 cm³/mol. The van der Waals surface area contributed by atoms with E-state index in [1.165, 1.54) is 17.3 Å². The molecule has 2 N–H and O–H groups in total. The Morgan fingerprint density at radius 3 is 2.42 bits per heavy atom. The molecule has 1 heterocycles. The second kappa shape index (κ2) is 11.5. The number of halogens is 2. The first-order valence-electron chi connectivity index (χ1n) is 10.5. The monoisotopic (exact) mass is 505 g/mol. The number of hydrogen-bond acceptors (Lipinski definition) is 5. The second-order valence-electron chi connectivity index (χ2n) is 7.58. The fraction of sp³-hybridized carbons (Fsp3) is 0.304. The zero-order valence-electron chi connectivity index (χ0n) is 18.6. The van der Waals surface area contributed by atoms with Gasteiger partial charge >= 0.3 is 0 Å². The van der Waals surface area contributed by atoms with Gasteiger partial charge in [-0.2, -0.15) is 0 Å². The molecule has 0 saturated carbocycles. The van der Waals surface area contributed by atoms with E-state index >= 15 is 0 Å². The Hall–Kier alpha value is -2.55. The van der Waals surface area contributed by atoms with Gasteiger partial charge in [0, 0.05) is 12.2 Å². The van der Waals surface area contributed by atoms with Gasteiger partial charge in [0.2, 0.25) is 11.8 Å². The number of carbonyl (C=O) groups is 2. The van der Waals surface area contributed by atoms with Crippen molar-refractivity contribution in [2.75, 3.05) is 16.4 Å². The number of rotatable bonds is 9. The number of nitrogens with one attached hydrogen (secondary N) is 2. The van der Waals surface area contributed by atoms with E-state index < -0.39 is 0 Å². The number of amides is 2. The maximum atomic E-state index is 12.5. The molecular formula is C23H25Cl2N5O2S. The fourth-order valence-corrected chi connectivity index (χ4v) is 4.26. The van der Waals surface area contributed by atoms with Crippen molar-refractivity contribution in [3.63, 3.8) is 0 Å². The molecule has 0 bridgehead atoms. The summed E-state index contributed by atoms with van der Waals surface area (Å²) in [5, 5.41) is 15.1. The van der Waals surface area contributed by atoms with Gasteiger partial charge in [-0.15, -0.1) is 10.2 Å². The molecule has 1 aromatic heterocycles. The number of aromatic nitrogens is 3. The number of anilines is 2. The van der Waals surface area contributed by atoms with Crippen LogP contribution in [-0.4, -0.2) is 32.3 Å². The van der Waals surface area contributed by atoms with Gasteiger partial charge in [-0.05, 0) is 42.7 Å². The second-order valence-corrected chi connectivity index (χ2v) is 9.31. The molecule has 0 atom stereocenters. The molecule has 10 heteroatoms. The molecule has 0 aliphatic carbocycles. The standard InChI is InChI=1S/C23H25Cl2N5O2S/c1-4-30-19(12-20(31)27-18-7-5-6-17(24)22(18)25)28-29-23(30)33-13-21(32)26-16-10-8-15(9-11-16)14(2)3/h5-11,14H,4,12-13H2,1-3H3,(H,26,32)(H,27,31). The molecule has 174 valence electrons. The van der Waals surface area contributed by atoms with Gasteiger partial charge in [-0.3, -0.25) is 9.59 Å². The van der Waals surface area contributed by atoms with Crippen molar-refractivity contribution in [3.8, 4) is 0 Å². The van der Waals surface area contributed by atoms with Gasteiger partial charge in [0.1, 0.15) is 5.82 Å². The highest BCUT2D eigenvalue weighted by Crippen LogP contribution is 2.29. The quantitative estimate of drug-likeness (QED) is 0.367. The van der Waals surface area contributed by atoms with Gasteiger partial charge in [0.15, 0.2) is 5.16 Å². The molecule has 33 heavy (non-hydrogen) atoms. The Balaban J connectivity index is 1.57. The summed E-state index contributed by atoms with van der Waals surface area (Å²) in [6, 6.07) is 12.8. The van der Waals surface area contributed by atoms with Crippen molar-refractivity contribution in [1.82, 2.24) is 14.8 Å². The van der Waals surface area contributed by atoms with Gasteiger partial charge in [0.25, 0.3) is 0 Å². The zero-order chi connectivity index (χ0) is 24.0. The van der Waals surface area contributed by atoms with Crippen molar-refractivity contribution in [2.24, 2.45) is 0 Å². The number of nitrogens with zero attached hydrogens (tertiary/aromatic N) is 3. The van der Waals surface area contributed by atoms with Crippen LogP contribution in [-0.2, 0) is 22.6 Å². The maximum Gasteiger partial charge on any atom is 0.234 e. The lowest BCUT2D eigenvalue weighted by atomic mass is 10.0. The molecule has 7 nitrogen and oxygen atoms in total. The van der Waals surface area contributed by atoms with E-state index in [1.807, 2.05) is 35.8 Å². The highest BCUT2D eigenvalue weighted by atomic mass is 35.5. The van der Waals surface area contributed by atoms with Gasteiger partial charge in [-0.1, -0.05) is 67.0 Å². The molecule has 0 aliphatic heterocycles. The minimum atomic E-state index is -0.291. The van der Waals surface area contributed by atoms with Crippen LogP contribution < -0.4 is 10.6 Å². The molecule has 2 amide bonds. The first kappa shape index (κ1) is 25.1. The van der Waals surface area contributed by atoms with E-state index in [0.717, 1.165) is 5.69 Å². The van der Waals surface area contributed by atoms with Crippen molar-refractivity contribution in [3.05, 3.63) is 63.9 Å². The van der Waals surface area contributed by atoms with Crippen LogP contribution in [0.2, 0.25) is 10.0 Å². The summed E-state index contributed by atoms with van der Waals surface area (Å²) < 4.78 is 1.81. The molecule has 3 aromatic rings. The summed E-state index contributed by atoms with van der Waals surface area (Å²) in [7, 11) is 0. The summed E-state index contributed by atoms with van der Waals surface area (Å²) in [5.41, 5.74) is 2.40. The van der Waals surface area contributed by atoms with Crippen LogP contribution in [0.5, 0.6) is 0 Å². The lowest BCUT2D eigenvalue weighted by Crippen LogP contribution is -2.18. The van der Waals surface area contributed by atoms with Crippen LogP contribution in [0.15, 0.2) is 47.6 Å². The third-order valence-corrected chi connectivity index (χ3v) is 6.63. The molecule has 0 radical (unpaired) electrons. The topological polar surface area (TPSA) is 88.9 Å². The van der Waals surface area contributed by atoms with Crippen LogP contribution in [0.3, 0.4) is 0 Å². The molecule has 0 saturated heterocycles. The predicted octanol–water partition coefficient (Wildman–Crippen LogP) is 5.64. The van der Waals surface area contributed by atoms with Crippen molar-refractivity contribution < 1.29 is 9.59 Å². The number of thioether (sulfide) groups is 1. The van der Waals surface area contributed by atoms with E-state index in [9.17, 15) is 9.59 Å². The third kappa shape index (κ3) is 6.72. The smallest absolute Gasteiger partial charge is 0.234 e. The van der Waals surface area contributed by atoms with E-state index in [4.69, 9.17) is 23.2 Å². The van der Waals surface area contributed by atoms with Crippen LogP contribution in [0.25, 0.3) is 0 Å². The van der Waals surface area contributed by atoms with Crippen LogP contribution in [0.4, 0.5) is 11.4 Å². The Labute approximate surface area is 207 Å². The maximum absolute atomic E-state index is 12.5. The van der Waals surface area contributed by atoms with E-state index in [-0.39, 0.29) is 29.0 Å². The van der Waals surface area contributed by atoms with Gasteiger partial charge in [0.05, 0.1) is 27.9 Å². The Morgan fingerprint density at radius 1 is 1.03 bits per heavy atom. The molecule has 2 aromatic carbocycles. The summed E-state index contributed by atoms with van der Waals surface area (Å²) in [6.07, 6.45) is 0.0125. The summed E-state index contributed by atoms with van der Waals surface area (Å²) in [6.45, 7) is 6.74. The normalized spacial score (nSPS) is 11.0. The first-order chi connectivity index (χ1) is 15.8. The summed E-state index contributed by atoms with van der Waals surface area (Å²) >= 11 is 13.4. The van der Waals surface area contributed by atoms with Crippen molar-refractivity contribution in [1.29, 1.82) is 0 Å². The lowest BCUT2D eigenvalue weighted by molar-refractivity contribution is -0.116. The average molecular weight is 506 g/mol. The Bertz CT molecular complexity index is 1130. The van der Waals surface area contributed by atoms with E-state index in [1.54, 1.807) is 18.2 Å². The lowest BCUT2D eigenvalue weighted by Gasteiger charge is -2.10. The van der Waals surface area contributed by atoms with Crippen molar-refractivity contribution in [2.45, 2.75) is 44.8 Å². The average Bonchev–Trinajstić information content (AvgIpc) is 3.17. The number of hydrogen-bond donors (Lipinski definition) is 2. The SMILES string of the molecule is CCn1c(CC(=O)Nc2cccc(Cl)c2Cl)nnc1SCC(=O)Nc1ccc(C(C)C)cc1. The van der Waals surface area contributed by atoms with Crippen molar-refractivity contribution >= 4 is 58.2 Å². The number of benzene rings is 2. The van der Waals surface area contributed by atoms with E-state index in [2.05, 4.69) is 34.7 Å². The molecule has 0 aliphatic rings. The molecule has 0 fully saturated rings. The molecule has 0 spiro atoms. The molecule has 0 unspecified atom stereocenters. The fourth-order valence-electron chi connectivity index (χ4n) is 3.09. The van der Waals surface area contributed by atoms with Gasteiger partial charge in [-0.25, -0.2) is 0 Å². The highest BCUT2D eigenvalue weighted by molar-refractivity contribution is 7.99. The van der Waals surface area contributed by atoms with Gasteiger partial charge < -0.3 is 15.2 Å². The molecular weight excluding hydrogens is 481 g/mol. The molecule has 3 rings (SSSR count). The number of carbonyl (C=O) groups excluding carboxylic acids is 2. The Kier molecular flexibility index (Phi) is 8.77. The minimum absolute atomic E-state index is 0.0125. The van der Waals surface area contributed by atoms with E-state index in [0.29, 0.717) is 34.2 Å². The summed E-state index contributed by atoms with van der Waals surface area (Å²) in [5.74, 6) is 0.678. The first-order valence-corrected chi connectivity index (χ1v) is 12.2. The zero-order valence-corrected chi connectivity index (χ0v) is 20.9. The third-order valence-electron chi connectivity index (χ3n) is 4.85. The van der Waals surface area contributed by atoms with Crippen LogP contribution >= 0.6 is 35.0 Å². The van der Waals surface area contributed by atoms with Crippen LogP contribution in [0, 0.1) is 0 Å². The highest BCUT2D eigenvalue weighted by Gasteiger charge is 2.17. The minimum Gasteiger partial charge on any atom is -0.325 e. The van der Waals surface area contributed by atoms with Crippen LogP contribution in [0.1, 0.15) is 38.1 Å². The summed E-state index contributed by atoms with van der Waals surface area (Å²) in [4.78, 5) is 24.9. The Morgan fingerprint density at radius 2 is 1.76 bits per heavy atom. The largest absolute Gasteiger partial charge is 0.325 e.